The van der Waals surface area contributed by atoms with E-state index in [-0.39, 0.29) is 18.0 Å². The van der Waals surface area contributed by atoms with Crippen LogP contribution in [0.1, 0.15) is 23.7 Å². The number of hydrogen-bond acceptors (Lipinski definition) is 3. The van der Waals surface area contributed by atoms with Crippen molar-refractivity contribution in [2.75, 3.05) is 18.4 Å². The van der Waals surface area contributed by atoms with Crippen LogP contribution in [0.25, 0.3) is 0 Å². The first kappa shape index (κ1) is 13.2. The highest BCUT2D eigenvalue weighted by molar-refractivity contribution is 6.00. The molecule has 5 nitrogen and oxygen atoms in total. The fourth-order valence-electron chi connectivity index (χ4n) is 1.35. The highest BCUT2D eigenvalue weighted by Crippen LogP contribution is 2.14. The van der Waals surface area contributed by atoms with Gasteiger partial charge in [0.25, 0.3) is 0 Å². The molecule has 0 aliphatic heterocycles. The molecule has 0 bridgehead atoms. The van der Waals surface area contributed by atoms with Crippen molar-refractivity contribution in [1.29, 1.82) is 0 Å². The van der Waals surface area contributed by atoms with Gasteiger partial charge in [0.15, 0.2) is 0 Å². The topological polar surface area (TPSA) is 78.4 Å². The Labute approximate surface area is 99.8 Å². The van der Waals surface area contributed by atoms with Gasteiger partial charge in [0.1, 0.15) is 0 Å². The quantitative estimate of drug-likeness (QED) is 0.651. The molecule has 0 aromatic heterocycles. The van der Waals surface area contributed by atoms with Crippen molar-refractivity contribution in [2.45, 2.75) is 13.3 Å². The van der Waals surface area contributed by atoms with E-state index in [1.165, 1.54) is 6.07 Å². The highest BCUT2D eigenvalue weighted by atomic mass is 16.4. The molecule has 0 saturated carbocycles. The monoisotopic (exact) mass is 236 g/mol. The van der Waals surface area contributed by atoms with Gasteiger partial charge in [-0.2, -0.15) is 0 Å². The Morgan fingerprint density at radius 1 is 1.29 bits per heavy atom. The zero-order valence-electron chi connectivity index (χ0n) is 9.69. The first-order valence-corrected chi connectivity index (χ1v) is 5.48. The van der Waals surface area contributed by atoms with Crippen LogP contribution in [-0.4, -0.2) is 30.1 Å². The lowest BCUT2D eigenvalue weighted by atomic mass is 10.2. The van der Waals surface area contributed by atoms with Crippen molar-refractivity contribution in [3.05, 3.63) is 29.8 Å². The lowest BCUT2D eigenvalue weighted by molar-refractivity contribution is -0.115. The van der Waals surface area contributed by atoms with Gasteiger partial charge >= 0.3 is 5.97 Å². The molecule has 1 aromatic rings. The number of carboxylic acids is 1. The molecular weight excluding hydrogens is 220 g/mol. The van der Waals surface area contributed by atoms with E-state index >= 15 is 0 Å². The van der Waals surface area contributed by atoms with Crippen LogP contribution in [0.5, 0.6) is 0 Å². The molecule has 1 aromatic carbocycles. The smallest absolute Gasteiger partial charge is 0.337 e. The minimum Gasteiger partial charge on any atom is -0.478 e. The summed E-state index contributed by atoms with van der Waals surface area (Å²) in [6.45, 7) is 2.94. The third-order valence-corrected chi connectivity index (χ3v) is 2.14. The number of amides is 1. The third-order valence-electron chi connectivity index (χ3n) is 2.14. The third kappa shape index (κ3) is 4.24. The van der Waals surface area contributed by atoms with Crippen LogP contribution < -0.4 is 10.6 Å². The number of para-hydroxylation sites is 1. The number of carboxylic acid groups (broad SMARTS) is 1. The van der Waals surface area contributed by atoms with E-state index in [1.807, 2.05) is 6.92 Å². The number of carbonyl (C=O) groups excluding carboxylic acids is 1. The average molecular weight is 236 g/mol. The first-order valence-electron chi connectivity index (χ1n) is 5.48. The second-order valence-corrected chi connectivity index (χ2v) is 3.58. The number of benzene rings is 1. The van der Waals surface area contributed by atoms with Gasteiger partial charge in [-0.05, 0) is 25.1 Å². The Hall–Kier alpha value is -1.88. The van der Waals surface area contributed by atoms with Crippen molar-refractivity contribution in [3.63, 3.8) is 0 Å². The summed E-state index contributed by atoms with van der Waals surface area (Å²) in [5, 5.41) is 14.4. The number of carbonyl (C=O) groups is 2. The molecule has 0 atom stereocenters. The molecule has 17 heavy (non-hydrogen) atoms. The minimum absolute atomic E-state index is 0.0938. The van der Waals surface area contributed by atoms with Crippen molar-refractivity contribution >= 4 is 17.6 Å². The van der Waals surface area contributed by atoms with Crippen molar-refractivity contribution < 1.29 is 14.7 Å². The normalized spacial score (nSPS) is 9.94. The van der Waals surface area contributed by atoms with Crippen molar-refractivity contribution in [2.24, 2.45) is 0 Å². The van der Waals surface area contributed by atoms with E-state index in [9.17, 15) is 9.59 Å². The molecule has 5 heteroatoms. The van der Waals surface area contributed by atoms with E-state index < -0.39 is 5.97 Å². The predicted molar refractivity (Wildman–Crippen MR) is 65.2 cm³/mol. The van der Waals surface area contributed by atoms with Crippen molar-refractivity contribution in [1.82, 2.24) is 5.32 Å². The summed E-state index contributed by atoms with van der Waals surface area (Å²) in [7, 11) is 0. The SMILES string of the molecule is CCCNCC(=O)Nc1ccccc1C(=O)O. The molecular formula is C12H16N2O3. The van der Waals surface area contributed by atoms with Gasteiger partial charge in [-0.3, -0.25) is 4.79 Å². The summed E-state index contributed by atoms with van der Waals surface area (Å²) in [5.41, 5.74) is 0.416. The van der Waals surface area contributed by atoms with Gasteiger partial charge in [0, 0.05) is 0 Å². The molecule has 0 radical (unpaired) electrons. The maximum atomic E-state index is 11.5. The molecule has 0 saturated heterocycles. The van der Waals surface area contributed by atoms with Gasteiger partial charge in [-0.15, -0.1) is 0 Å². The van der Waals surface area contributed by atoms with Crippen LogP contribution in [0.15, 0.2) is 24.3 Å². The van der Waals surface area contributed by atoms with E-state index in [1.54, 1.807) is 18.2 Å². The van der Waals surface area contributed by atoms with Crippen LogP contribution in [0.3, 0.4) is 0 Å². The number of nitrogens with one attached hydrogen (secondary N) is 2. The Morgan fingerprint density at radius 3 is 2.65 bits per heavy atom. The Balaban J connectivity index is 2.61. The van der Waals surface area contributed by atoms with Crippen LogP contribution in [0, 0.1) is 0 Å². The summed E-state index contributed by atoms with van der Waals surface area (Å²) >= 11 is 0. The number of rotatable bonds is 6. The molecule has 3 N–H and O–H groups in total. The average Bonchev–Trinajstić information content (AvgIpc) is 2.29. The van der Waals surface area contributed by atoms with Crippen molar-refractivity contribution in [3.8, 4) is 0 Å². The van der Waals surface area contributed by atoms with E-state index in [0.717, 1.165) is 13.0 Å². The largest absolute Gasteiger partial charge is 0.478 e. The number of aromatic carboxylic acids is 1. The van der Waals surface area contributed by atoms with Gasteiger partial charge in [-0.1, -0.05) is 19.1 Å². The number of anilines is 1. The van der Waals surface area contributed by atoms with E-state index in [0.29, 0.717) is 5.69 Å². The maximum absolute atomic E-state index is 11.5. The number of hydrogen-bond donors (Lipinski definition) is 3. The molecule has 1 amide bonds. The lowest BCUT2D eigenvalue weighted by Gasteiger charge is -2.08. The molecule has 92 valence electrons. The van der Waals surface area contributed by atoms with Gasteiger partial charge in [0.2, 0.25) is 5.91 Å². The van der Waals surface area contributed by atoms with Crippen LogP contribution in [-0.2, 0) is 4.79 Å². The molecule has 0 unspecified atom stereocenters. The van der Waals surface area contributed by atoms with Crippen LogP contribution in [0.2, 0.25) is 0 Å². The summed E-state index contributed by atoms with van der Waals surface area (Å²) in [5.74, 6) is -1.30. The fourth-order valence-corrected chi connectivity index (χ4v) is 1.35. The highest BCUT2D eigenvalue weighted by Gasteiger charge is 2.10. The molecule has 0 aliphatic rings. The zero-order valence-corrected chi connectivity index (χ0v) is 9.69. The summed E-state index contributed by atoms with van der Waals surface area (Å²) in [6, 6.07) is 6.33. The summed E-state index contributed by atoms with van der Waals surface area (Å²) in [4.78, 5) is 22.4. The van der Waals surface area contributed by atoms with E-state index in [4.69, 9.17) is 5.11 Å². The first-order chi connectivity index (χ1) is 8.15. The molecule has 0 spiro atoms. The van der Waals surface area contributed by atoms with Gasteiger partial charge in [-0.25, -0.2) is 4.79 Å². The second kappa shape index (κ2) is 6.65. The maximum Gasteiger partial charge on any atom is 0.337 e. The van der Waals surface area contributed by atoms with Crippen LogP contribution in [0.4, 0.5) is 5.69 Å². The van der Waals surface area contributed by atoms with Crippen LogP contribution >= 0.6 is 0 Å². The zero-order chi connectivity index (χ0) is 12.7. The molecule has 0 aliphatic carbocycles. The van der Waals surface area contributed by atoms with Gasteiger partial charge in [0.05, 0.1) is 17.8 Å². The Bertz CT molecular complexity index is 404. The fraction of sp³-hybridized carbons (Fsp3) is 0.333. The standard InChI is InChI=1S/C12H16N2O3/c1-2-7-13-8-11(15)14-10-6-4-3-5-9(10)12(16)17/h3-6,13H,2,7-8H2,1H3,(H,14,15)(H,16,17). The lowest BCUT2D eigenvalue weighted by Crippen LogP contribution is -2.29. The molecule has 0 fully saturated rings. The predicted octanol–water partition coefficient (Wildman–Crippen LogP) is 1.32. The summed E-state index contributed by atoms with van der Waals surface area (Å²) < 4.78 is 0. The summed E-state index contributed by atoms with van der Waals surface area (Å²) in [6.07, 6.45) is 0.943. The van der Waals surface area contributed by atoms with Gasteiger partial charge < -0.3 is 15.7 Å². The molecule has 0 heterocycles. The Morgan fingerprint density at radius 2 is 2.00 bits per heavy atom. The second-order valence-electron chi connectivity index (χ2n) is 3.58. The molecule has 1 rings (SSSR count). The minimum atomic E-state index is -1.05. The van der Waals surface area contributed by atoms with E-state index in [2.05, 4.69) is 10.6 Å². The Kier molecular flexibility index (Phi) is 5.16.